The number of carbonyl (C=O) groups is 1. The van der Waals surface area contributed by atoms with Crippen LogP contribution in [0.2, 0.25) is 0 Å². The molecule has 3 rings (SSSR count). The Morgan fingerprint density at radius 3 is 2.70 bits per heavy atom. The van der Waals surface area contributed by atoms with Crippen LogP contribution in [0.4, 0.5) is 5.82 Å². The van der Waals surface area contributed by atoms with Crippen molar-refractivity contribution in [2.24, 2.45) is 0 Å². The molecule has 3 heterocycles. The van der Waals surface area contributed by atoms with E-state index in [4.69, 9.17) is 5.11 Å². The molecule has 1 aliphatic heterocycles. The maximum atomic E-state index is 10.8. The van der Waals surface area contributed by atoms with Crippen LogP contribution in [0.3, 0.4) is 0 Å². The summed E-state index contributed by atoms with van der Waals surface area (Å²) >= 11 is 0. The summed E-state index contributed by atoms with van der Waals surface area (Å²) in [6.45, 7) is 1.62. The SMILES string of the molecule is O=C(O)c1cnc(N2CCCC(n3nccn3)C2)cn1. The van der Waals surface area contributed by atoms with Crippen LogP contribution in [0, 0.1) is 0 Å². The Kier molecular flexibility index (Phi) is 3.28. The minimum atomic E-state index is -1.07. The van der Waals surface area contributed by atoms with Crippen LogP contribution < -0.4 is 4.90 Å². The molecule has 1 fully saturated rings. The number of carboxylic acid groups (broad SMARTS) is 1. The zero-order valence-electron chi connectivity index (χ0n) is 10.8. The van der Waals surface area contributed by atoms with Gasteiger partial charge in [-0.15, -0.1) is 0 Å². The molecule has 2 aromatic heterocycles. The van der Waals surface area contributed by atoms with Gasteiger partial charge in [0, 0.05) is 13.1 Å². The van der Waals surface area contributed by atoms with E-state index in [1.54, 1.807) is 17.2 Å². The molecule has 1 atom stereocenters. The fraction of sp³-hybridized carbons (Fsp3) is 0.417. The van der Waals surface area contributed by atoms with E-state index >= 15 is 0 Å². The average molecular weight is 274 g/mol. The van der Waals surface area contributed by atoms with E-state index in [2.05, 4.69) is 25.1 Å². The highest BCUT2D eigenvalue weighted by atomic mass is 16.4. The summed E-state index contributed by atoms with van der Waals surface area (Å²) in [6.07, 6.45) is 8.15. The van der Waals surface area contributed by atoms with Gasteiger partial charge in [0.15, 0.2) is 5.69 Å². The van der Waals surface area contributed by atoms with Gasteiger partial charge in [0.2, 0.25) is 0 Å². The smallest absolute Gasteiger partial charge is 0.356 e. The van der Waals surface area contributed by atoms with Crippen molar-refractivity contribution >= 4 is 11.8 Å². The van der Waals surface area contributed by atoms with E-state index in [1.807, 2.05) is 0 Å². The molecule has 0 aliphatic carbocycles. The standard InChI is InChI=1S/C12H14N6O2/c19-12(20)10-6-14-11(7-13-10)17-5-1-2-9(8-17)18-15-3-4-16-18/h3-4,6-7,9H,1-2,5,8H2,(H,19,20). The third kappa shape index (κ3) is 2.44. The molecule has 0 amide bonds. The van der Waals surface area contributed by atoms with Gasteiger partial charge in [-0.05, 0) is 12.8 Å². The second kappa shape index (κ2) is 5.24. The van der Waals surface area contributed by atoms with Gasteiger partial charge in [0.05, 0.1) is 30.8 Å². The molecule has 0 aromatic carbocycles. The Bertz CT molecular complexity index is 583. The molecule has 1 N–H and O–H groups in total. The van der Waals surface area contributed by atoms with Crippen LogP contribution in [0.25, 0.3) is 0 Å². The molecule has 1 saturated heterocycles. The quantitative estimate of drug-likeness (QED) is 0.875. The largest absolute Gasteiger partial charge is 0.476 e. The van der Waals surface area contributed by atoms with Gasteiger partial charge < -0.3 is 10.0 Å². The topological polar surface area (TPSA) is 97.0 Å². The molecule has 0 spiro atoms. The van der Waals surface area contributed by atoms with Gasteiger partial charge in [-0.2, -0.15) is 15.0 Å². The Labute approximate surface area is 115 Å². The Morgan fingerprint density at radius 1 is 1.25 bits per heavy atom. The normalized spacial score (nSPS) is 19.0. The van der Waals surface area contributed by atoms with Crippen molar-refractivity contribution in [1.29, 1.82) is 0 Å². The number of nitrogens with zero attached hydrogens (tertiary/aromatic N) is 6. The molecule has 0 bridgehead atoms. The molecule has 0 radical (unpaired) electrons. The Balaban J connectivity index is 1.75. The molecular weight excluding hydrogens is 260 g/mol. The van der Waals surface area contributed by atoms with Crippen molar-refractivity contribution in [2.75, 3.05) is 18.0 Å². The average Bonchev–Trinajstić information content (AvgIpc) is 3.02. The number of rotatable bonds is 3. The molecule has 8 heteroatoms. The number of hydrogen-bond donors (Lipinski definition) is 1. The minimum absolute atomic E-state index is 0.0453. The van der Waals surface area contributed by atoms with Crippen molar-refractivity contribution < 1.29 is 9.90 Å². The number of hydrogen-bond acceptors (Lipinski definition) is 6. The fourth-order valence-corrected chi connectivity index (χ4v) is 2.36. The van der Waals surface area contributed by atoms with Crippen LogP contribution in [0.15, 0.2) is 24.8 Å². The van der Waals surface area contributed by atoms with Gasteiger partial charge in [-0.1, -0.05) is 0 Å². The second-order valence-corrected chi connectivity index (χ2v) is 4.66. The highest BCUT2D eigenvalue weighted by Gasteiger charge is 2.23. The molecule has 104 valence electrons. The van der Waals surface area contributed by atoms with Crippen molar-refractivity contribution in [1.82, 2.24) is 25.0 Å². The maximum absolute atomic E-state index is 10.8. The van der Waals surface area contributed by atoms with Crippen LogP contribution in [0.5, 0.6) is 0 Å². The fourth-order valence-electron chi connectivity index (χ4n) is 2.36. The van der Waals surface area contributed by atoms with E-state index in [0.29, 0.717) is 5.82 Å². The summed E-state index contributed by atoms with van der Waals surface area (Å²) in [7, 11) is 0. The third-order valence-corrected chi connectivity index (χ3v) is 3.34. The van der Waals surface area contributed by atoms with E-state index in [0.717, 1.165) is 25.9 Å². The molecule has 1 unspecified atom stereocenters. The summed E-state index contributed by atoms with van der Waals surface area (Å²) in [5.74, 6) is -0.381. The van der Waals surface area contributed by atoms with Crippen LogP contribution in [0.1, 0.15) is 29.4 Å². The molecule has 8 nitrogen and oxygen atoms in total. The first kappa shape index (κ1) is 12.5. The Hall–Kier alpha value is -2.51. The third-order valence-electron chi connectivity index (χ3n) is 3.34. The Morgan fingerprint density at radius 2 is 2.05 bits per heavy atom. The van der Waals surface area contributed by atoms with E-state index in [1.165, 1.54) is 12.4 Å². The summed E-state index contributed by atoms with van der Waals surface area (Å²) in [6, 6.07) is 0.208. The van der Waals surface area contributed by atoms with E-state index in [9.17, 15) is 4.79 Å². The molecule has 0 saturated carbocycles. The minimum Gasteiger partial charge on any atom is -0.476 e. The molecule has 1 aliphatic rings. The van der Waals surface area contributed by atoms with E-state index in [-0.39, 0.29) is 11.7 Å². The molecule has 2 aromatic rings. The van der Waals surface area contributed by atoms with Crippen LogP contribution in [-0.4, -0.2) is 49.1 Å². The van der Waals surface area contributed by atoms with Gasteiger partial charge in [-0.3, -0.25) is 0 Å². The first-order valence-corrected chi connectivity index (χ1v) is 6.40. The number of piperidine rings is 1. The zero-order chi connectivity index (χ0) is 13.9. The summed E-state index contributed by atoms with van der Waals surface area (Å²) in [4.78, 5) is 22.6. The van der Waals surface area contributed by atoms with Crippen molar-refractivity contribution in [3.63, 3.8) is 0 Å². The lowest BCUT2D eigenvalue weighted by atomic mass is 10.1. The highest BCUT2D eigenvalue weighted by molar-refractivity contribution is 5.84. The summed E-state index contributed by atoms with van der Waals surface area (Å²) < 4.78 is 0. The van der Waals surface area contributed by atoms with Crippen LogP contribution in [-0.2, 0) is 0 Å². The lowest BCUT2D eigenvalue weighted by Gasteiger charge is -2.32. The van der Waals surface area contributed by atoms with Crippen molar-refractivity contribution in [2.45, 2.75) is 18.9 Å². The number of aromatic nitrogens is 5. The first-order valence-electron chi connectivity index (χ1n) is 6.40. The van der Waals surface area contributed by atoms with Gasteiger partial charge in [0.25, 0.3) is 0 Å². The van der Waals surface area contributed by atoms with Gasteiger partial charge >= 0.3 is 5.97 Å². The number of anilines is 1. The maximum Gasteiger partial charge on any atom is 0.356 e. The highest BCUT2D eigenvalue weighted by Crippen LogP contribution is 2.23. The van der Waals surface area contributed by atoms with Gasteiger partial charge in [0.1, 0.15) is 5.82 Å². The predicted octanol–water partition coefficient (Wildman–Crippen LogP) is 0.608. The van der Waals surface area contributed by atoms with Crippen molar-refractivity contribution in [3.05, 3.63) is 30.5 Å². The first-order chi connectivity index (χ1) is 9.74. The van der Waals surface area contributed by atoms with Crippen LogP contribution >= 0.6 is 0 Å². The van der Waals surface area contributed by atoms with E-state index < -0.39 is 5.97 Å². The number of aromatic carboxylic acids is 1. The summed E-state index contributed by atoms with van der Waals surface area (Å²) in [5.41, 5.74) is -0.0453. The van der Waals surface area contributed by atoms with Gasteiger partial charge in [-0.25, -0.2) is 14.8 Å². The lowest BCUT2D eigenvalue weighted by molar-refractivity contribution is 0.0690. The van der Waals surface area contributed by atoms with Crippen molar-refractivity contribution in [3.8, 4) is 0 Å². The molecular formula is C12H14N6O2. The predicted molar refractivity (Wildman–Crippen MR) is 69.5 cm³/mol. The lowest BCUT2D eigenvalue weighted by Crippen LogP contribution is -2.37. The summed E-state index contributed by atoms with van der Waals surface area (Å²) in [5, 5.41) is 17.2. The monoisotopic (exact) mass is 274 g/mol. The molecule has 20 heavy (non-hydrogen) atoms. The second-order valence-electron chi connectivity index (χ2n) is 4.66. The zero-order valence-corrected chi connectivity index (χ0v) is 10.8. The number of carboxylic acids is 1.